The van der Waals surface area contributed by atoms with E-state index < -0.39 is 5.97 Å². The molecule has 0 radical (unpaired) electrons. The quantitative estimate of drug-likeness (QED) is 0.481. The first-order chi connectivity index (χ1) is 13.0. The zero-order valence-corrected chi connectivity index (χ0v) is 14.5. The Hall–Kier alpha value is -3.45. The molecule has 0 amide bonds. The van der Waals surface area contributed by atoms with E-state index in [1.165, 1.54) is 12.1 Å². The van der Waals surface area contributed by atoms with E-state index in [0.29, 0.717) is 5.52 Å². The molecule has 2 aromatic heterocycles. The number of fused-ring (bicyclic) bond motifs is 4. The number of nitrogens with two attached hydrogens (primary N) is 1. The van der Waals surface area contributed by atoms with Crippen molar-refractivity contribution < 1.29 is 14.3 Å². The third-order valence-corrected chi connectivity index (χ3v) is 4.44. The van der Waals surface area contributed by atoms with Crippen LogP contribution < -0.4 is 5.73 Å². The molecule has 7 heteroatoms. The van der Waals surface area contributed by atoms with Gasteiger partial charge in [0.05, 0.1) is 22.8 Å². The molecule has 0 spiro atoms. The number of nitrogens with zero attached hydrogens (tertiary/aromatic N) is 2. The minimum atomic E-state index is -0.833. The summed E-state index contributed by atoms with van der Waals surface area (Å²) in [6.45, 7) is 1.08. The first kappa shape index (κ1) is 17.0. The van der Waals surface area contributed by atoms with Crippen LogP contribution in [-0.4, -0.2) is 25.6 Å². The van der Waals surface area contributed by atoms with E-state index in [1.54, 1.807) is 6.07 Å². The van der Waals surface area contributed by atoms with Crippen molar-refractivity contribution in [3.8, 4) is 17.1 Å². The summed E-state index contributed by atoms with van der Waals surface area (Å²) in [5.41, 5.74) is 11.9. The monoisotopic (exact) mass is 364 g/mol. The summed E-state index contributed by atoms with van der Waals surface area (Å²) in [4.78, 5) is 16.8. The third-order valence-electron chi connectivity index (χ3n) is 4.44. The fraction of sp³-hybridized carbons (Fsp3) is 0.100. The van der Waals surface area contributed by atoms with E-state index in [-0.39, 0.29) is 11.9 Å². The predicted molar refractivity (Wildman–Crippen MR) is 100 cm³/mol. The molecule has 0 saturated carbocycles. The maximum absolute atomic E-state index is 13.4. The molecule has 0 fully saturated rings. The van der Waals surface area contributed by atoms with E-state index in [9.17, 15) is 4.39 Å². The number of hydrogen-bond acceptors (Lipinski definition) is 3. The van der Waals surface area contributed by atoms with Crippen molar-refractivity contribution in [2.75, 3.05) is 0 Å². The van der Waals surface area contributed by atoms with Gasteiger partial charge >= 0.3 is 0 Å². The van der Waals surface area contributed by atoms with Crippen LogP contribution in [0.25, 0.3) is 28.1 Å². The minimum Gasteiger partial charge on any atom is -0.481 e. The van der Waals surface area contributed by atoms with Crippen LogP contribution in [-0.2, 0) is 4.79 Å². The van der Waals surface area contributed by atoms with Gasteiger partial charge in [-0.05, 0) is 42.0 Å². The molecule has 1 unspecified atom stereocenters. The van der Waals surface area contributed by atoms with Crippen molar-refractivity contribution >= 4 is 17.0 Å². The zero-order valence-electron chi connectivity index (χ0n) is 14.5. The normalized spacial score (nSPS) is 14.4. The molecule has 1 atom stereocenters. The molecule has 136 valence electrons. The van der Waals surface area contributed by atoms with Gasteiger partial charge in [0, 0.05) is 24.4 Å². The van der Waals surface area contributed by atoms with Crippen LogP contribution >= 0.6 is 0 Å². The number of para-hydroxylation sites is 1. The van der Waals surface area contributed by atoms with Crippen LogP contribution in [0.3, 0.4) is 0 Å². The van der Waals surface area contributed by atoms with Gasteiger partial charge in [-0.1, -0.05) is 12.1 Å². The number of carbonyl (C=O) groups is 1. The fourth-order valence-electron chi connectivity index (χ4n) is 3.39. The Labute approximate surface area is 154 Å². The highest BCUT2D eigenvalue weighted by Crippen LogP contribution is 2.40. The maximum Gasteiger partial charge on any atom is 0.300 e. The van der Waals surface area contributed by atoms with Gasteiger partial charge < -0.3 is 20.4 Å². The van der Waals surface area contributed by atoms with Crippen molar-refractivity contribution in [2.45, 2.75) is 13.0 Å². The number of rotatable bonds is 1. The van der Waals surface area contributed by atoms with Gasteiger partial charge in [-0.15, -0.1) is 0 Å². The van der Waals surface area contributed by atoms with Gasteiger partial charge in [0.2, 0.25) is 0 Å². The number of carboxylic acid groups (broad SMARTS) is 1. The Bertz CT molecular complexity index is 1160. The highest BCUT2D eigenvalue weighted by atomic mass is 19.1. The summed E-state index contributed by atoms with van der Waals surface area (Å²) in [6.07, 6.45) is 2.01. The van der Waals surface area contributed by atoms with Gasteiger partial charge in [0.1, 0.15) is 11.6 Å². The number of aromatic amines is 1. The zero-order chi connectivity index (χ0) is 19.1. The smallest absolute Gasteiger partial charge is 0.300 e. The fourth-order valence-corrected chi connectivity index (χ4v) is 3.39. The summed E-state index contributed by atoms with van der Waals surface area (Å²) in [6, 6.07) is 14.5. The number of nitrogens with one attached hydrogen (secondary N) is 1. The van der Waals surface area contributed by atoms with E-state index in [1.807, 2.05) is 36.5 Å². The summed E-state index contributed by atoms with van der Waals surface area (Å²) in [7, 11) is 0. The lowest BCUT2D eigenvalue weighted by atomic mass is 10.0. The second-order valence-corrected chi connectivity index (χ2v) is 6.29. The second kappa shape index (κ2) is 6.37. The van der Waals surface area contributed by atoms with Crippen LogP contribution in [0.4, 0.5) is 4.39 Å². The van der Waals surface area contributed by atoms with Crippen LogP contribution in [0, 0.1) is 5.82 Å². The molecular formula is C20H17FN4O2. The number of H-pyrrole nitrogens is 1. The van der Waals surface area contributed by atoms with Crippen molar-refractivity contribution in [3.63, 3.8) is 0 Å². The summed E-state index contributed by atoms with van der Waals surface area (Å²) in [5.74, 6) is -0.392. The van der Waals surface area contributed by atoms with Crippen molar-refractivity contribution in [3.05, 3.63) is 71.8 Å². The molecular weight excluding hydrogens is 347 g/mol. The number of aromatic nitrogens is 3. The first-order valence-electron chi connectivity index (χ1n) is 8.37. The number of imidazole rings is 1. The highest BCUT2D eigenvalue weighted by Gasteiger charge is 2.28. The molecule has 27 heavy (non-hydrogen) atoms. The Kier molecular flexibility index (Phi) is 4.01. The molecule has 4 aromatic rings. The summed E-state index contributed by atoms with van der Waals surface area (Å²) < 4.78 is 15.5. The number of benzene rings is 2. The SMILES string of the molecule is CC(=O)O.NC1c2cccc(-c3nc4ccc(F)cc4[nH]3)c2-n2cccc21. The lowest BCUT2D eigenvalue weighted by Gasteiger charge is -2.08. The van der Waals surface area contributed by atoms with Crippen LogP contribution in [0.15, 0.2) is 54.7 Å². The second-order valence-electron chi connectivity index (χ2n) is 6.29. The number of carboxylic acids is 1. The van der Waals surface area contributed by atoms with E-state index in [2.05, 4.69) is 14.5 Å². The van der Waals surface area contributed by atoms with E-state index in [4.69, 9.17) is 15.6 Å². The van der Waals surface area contributed by atoms with Gasteiger partial charge in [0.25, 0.3) is 5.97 Å². The Morgan fingerprint density at radius 1 is 1.26 bits per heavy atom. The van der Waals surface area contributed by atoms with Gasteiger partial charge in [0.15, 0.2) is 0 Å². The highest BCUT2D eigenvalue weighted by molar-refractivity contribution is 5.83. The molecule has 1 aliphatic rings. The van der Waals surface area contributed by atoms with Crippen LogP contribution in [0.2, 0.25) is 0 Å². The average Bonchev–Trinajstić information content (AvgIpc) is 3.31. The Morgan fingerprint density at radius 3 is 2.81 bits per heavy atom. The molecule has 6 nitrogen and oxygen atoms in total. The Morgan fingerprint density at radius 2 is 2.04 bits per heavy atom. The van der Waals surface area contributed by atoms with E-state index in [0.717, 1.165) is 40.8 Å². The minimum absolute atomic E-state index is 0.137. The predicted octanol–water partition coefficient (Wildman–Crippen LogP) is 3.61. The summed E-state index contributed by atoms with van der Waals surface area (Å²) in [5, 5.41) is 7.42. The van der Waals surface area contributed by atoms with Crippen LogP contribution in [0.1, 0.15) is 24.2 Å². The van der Waals surface area contributed by atoms with Gasteiger partial charge in [-0.3, -0.25) is 4.79 Å². The molecule has 0 aliphatic carbocycles. The maximum atomic E-state index is 13.4. The average molecular weight is 364 g/mol. The molecule has 2 aromatic carbocycles. The number of halogens is 1. The van der Waals surface area contributed by atoms with E-state index >= 15 is 0 Å². The largest absolute Gasteiger partial charge is 0.481 e. The molecule has 3 heterocycles. The molecule has 1 aliphatic heterocycles. The standard InChI is InChI=1S/C18H13FN4.C2H4O2/c19-10-6-7-13-14(9-10)22-18(21-13)12-4-1-3-11-16(20)15-5-2-8-23(15)17(11)12;1-2(3)4/h1-9,16H,20H2,(H,21,22);1H3,(H,3,4). The topological polar surface area (TPSA) is 96.9 Å². The molecule has 0 bridgehead atoms. The van der Waals surface area contributed by atoms with Gasteiger partial charge in [-0.25, -0.2) is 9.37 Å². The van der Waals surface area contributed by atoms with Gasteiger partial charge in [-0.2, -0.15) is 0 Å². The molecule has 5 rings (SSSR count). The number of aliphatic carboxylic acids is 1. The number of hydrogen-bond donors (Lipinski definition) is 3. The van der Waals surface area contributed by atoms with Crippen molar-refractivity contribution in [2.24, 2.45) is 5.73 Å². The third kappa shape index (κ3) is 2.88. The lowest BCUT2D eigenvalue weighted by Crippen LogP contribution is -2.07. The first-order valence-corrected chi connectivity index (χ1v) is 8.37. The van der Waals surface area contributed by atoms with Crippen molar-refractivity contribution in [1.82, 2.24) is 14.5 Å². The lowest BCUT2D eigenvalue weighted by molar-refractivity contribution is -0.134. The Balaban J connectivity index is 0.000000413. The molecule has 4 N–H and O–H groups in total. The summed E-state index contributed by atoms with van der Waals surface area (Å²) >= 11 is 0. The van der Waals surface area contributed by atoms with Crippen LogP contribution in [0.5, 0.6) is 0 Å². The van der Waals surface area contributed by atoms with Crippen molar-refractivity contribution in [1.29, 1.82) is 0 Å². The molecule has 0 saturated heterocycles.